The van der Waals surface area contributed by atoms with Crippen molar-refractivity contribution >= 4 is 17.6 Å². The van der Waals surface area contributed by atoms with Crippen LogP contribution in [0.3, 0.4) is 0 Å². The smallest absolute Gasteiger partial charge is 0.404 e. The fourth-order valence-corrected chi connectivity index (χ4v) is 4.58. The maximum Gasteiger partial charge on any atom is 0.404 e. The molecule has 3 aromatic rings. The van der Waals surface area contributed by atoms with E-state index in [4.69, 9.17) is 15.2 Å². The topological polar surface area (TPSA) is 108 Å². The Morgan fingerprint density at radius 1 is 1.18 bits per heavy atom. The minimum absolute atomic E-state index is 0.261. The first-order chi connectivity index (χ1) is 16.3. The number of aryl methyl sites for hydroxylation is 4. The zero-order valence-electron chi connectivity index (χ0n) is 20.2. The van der Waals surface area contributed by atoms with Crippen molar-refractivity contribution in [1.82, 2.24) is 14.7 Å². The van der Waals surface area contributed by atoms with Crippen molar-refractivity contribution in [1.29, 1.82) is 0 Å². The fraction of sp³-hybridized carbons (Fsp3) is 0.423. The number of hydrogen-bond acceptors (Lipinski definition) is 5. The molecule has 1 aliphatic rings. The molecule has 2 heterocycles. The first kappa shape index (κ1) is 23.6. The van der Waals surface area contributed by atoms with Crippen LogP contribution in [0, 0.1) is 13.8 Å². The second-order valence-electron chi connectivity index (χ2n) is 8.80. The lowest BCUT2D eigenvalue weighted by Gasteiger charge is -2.35. The Hall–Kier alpha value is -3.55. The molecule has 0 bridgehead atoms. The van der Waals surface area contributed by atoms with Crippen LogP contribution in [0.15, 0.2) is 30.5 Å². The van der Waals surface area contributed by atoms with Crippen LogP contribution in [0.5, 0.6) is 5.75 Å². The Kier molecular flexibility index (Phi) is 6.77. The summed E-state index contributed by atoms with van der Waals surface area (Å²) in [7, 11) is 0. The number of pyridine rings is 1. The highest BCUT2D eigenvalue weighted by Crippen LogP contribution is 2.28. The molecule has 0 aliphatic heterocycles. The van der Waals surface area contributed by atoms with Gasteiger partial charge in [-0.3, -0.25) is 9.20 Å². The van der Waals surface area contributed by atoms with E-state index in [1.807, 2.05) is 19.2 Å². The molecular formula is C26H32N4O4. The lowest BCUT2D eigenvalue weighted by Crippen LogP contribution is -2.52. The van der Waals surface area contributed by atoms with Crippen LogP contribution in [-0.4, -0.2) is 33.5 Å². The third-order valence-corrected chi connectivity index (χ3v) is 6.51. The molecule has 0 spiro atoms. The third kappa shape index (κ3) is 4.58. The summed E-state index contributed by atoms with van der Waals surface area (Å²) < 4.78 is 13.2. The molecule has 2 aromatic heterocycles. The van der Waals surface area contributed by atoms with Crippen molar-refractivity contribution in [2.45, 2.75) is 72.1 Å². The van der Waals surface area contributed by atoms with Crippen molar-refractivity contribution in [2.75, 3.05) is 0 Å². The summed E-state index contributed by atoms with van der Waals surface area (Å²) in [5, 5.41) is 2.96. The molecule has 8 nitrogen and oxygen atoms in total. The maximum absolute atomic E-state index is 13.2. The Bertz CT molecular complexity index is 1210. The van der Waals surface area contributed by atoms with Crippen molar-refractivity contribution < 1.29 is 19.1 Å². The number of fused-ring (bicyclic) bond motifs is 1. The summed E-state index contributed by atoms with van der Waals surface area (Å²) >= 11 is 0. The molecule has 1 aliphatic carbocycles. The van der Waals surface area contributed by atoms with E-state index in [-0.39, 0.29) is 11.9 Å². The van der Waals surface area contributed by atoms with Gasteiger partial charge in [0.1, 0.15) is 18.4 Å². The average molecular weight is 465 g/mol. The summed E-state index contributed by atoms with van der Waals surface area (Å²) in [6.07, 6.45) is 3.93. The monoisotopic (exact) mass is 464 g/mol. The molecule has 1 saturated carbocycles. The molecule has 0 saturated heterocycles. The predicted octanol–water partition coefficient (Wildman–Crippen LogP) is 4.01. The SMILES string of the molecule is CCc1cccc(CC)c1COc1cc(C)cn2c(C(=O)NC3CCC3OC(N)=O)c(C)nc12. The summed E-state index contributed by atoms with van der Waals surface area (Å²) in [5.41, 5.74) is 11.5. The number of imidazole rings is 1. The van der Waals surface area contributed by atoms with E-state index in [0.717, 1.165) is 24.8 Å². The quantitative estimate of drug-likeness (QED) is 0.524. The van der Waals surface area contributed by atoms with Gasteiger partial charge in [0.2, 0.25) is 0 Å². The molecule has 180 valence electrons. The number of benzene rings is 1. The average Bonchev–Trinajstić information content (AvgIpc) is 3.13. The van der Waals surface area contributed by atoms with Crippen molar-refractivity contribution in [2.24, 2.45) is 5.73 Å². The lowest BCUT2D eigenvalue weighted by molar-refractivity contribution is 0.0260. The zero-order chi connectivity index (χ0) is 24.4. The first-order valence-corrected chi connectivity index (χ1v) is 11.8. The molecule has 2 unspecified atom stereocenters. The van der Waals surface area contributed by atoms with Crippen LogP contribution >= 0.6 is 0 Å². The van der Waals surface area contributed by atoms with Gasteiger partial charge in [0, 0.05) is 6.20 Å². The standard InChI is InChI=1S/C26H32N4O4/c1-5-17-8-7-9-18(6-2)19(17)14-33-22-12-15(3)13-30-23(16(4)28-24(22)30)25(31)29-20-10-11-21(20)34-26(27)32/h7-9,12-13,20-21H,5-6,10-11,14H2,1-4H3,(H2,27,32)(H,29,31). The van der Waals surface area contributed by atoms with E-state index in [0.29, 0.717) is 35.8 Å². The summed E-state index contributed by atoms with van der Waals surface area (Å²) in [4.78, 5) is 28.9. The number of rotatable bonds is 8. The highest BCUT2D eigenvalue weighted by molar-refractivity contribution is 5.95. The van der Waals surface area contributed by atoms with E-state index >= 15 is 0 Å². The van der Waals surface area contributed by atoms with E-state index in [9.17, 15) is 9.59 Å². The minimum Gasteiger partial charge on any atom is -0.485 e. The van der Waals surface area contributed by atoms with Crippen molar-refractivity contribution in [3.63, 3.8) is 0 Å². The Labute approximate surface area is 199 Å². The van der Waals surface area contributed by atoms with Gasteiger partial charge in [-0.2, -0.15) is 0 Å². The molecule has 8 heteroatoms. The number of carbonyl (C=O) groups is 2. The molecule has 3 N–H and O–H groups in total. The molecule has 1 aromatic carbocycles. The van der Waals surface area contributed by atoms with Gasteiger partial charge in [-0.15, -0.1) is 0 Å². The Morgan fingerprint density at radius 3 is 2.47 bits per heavy atom. The zero-order valence-corrected chi connectivity index (χ0v) is 20.2. The first-order valence-electron chi connectivity index (χ1n) is 11.8. The van der Waals surface area contributed by atoms with Gasteiger partial charge in [-0.1, -0.05) is 32.0 Å². The van der Waals surface area contributed by atoms with Gasteiger partial charge in [-0.05, 0) is 67.9 Å². The minimum atomic E-state index is -0.830. The maximum atomic E-state index is 13.2. The highest BCUT2D eigenvalue weighted by Gasteiger charge is 2.36. The number of nitrogens with zero attached hydrogens (tertiary/aromatic N) is 2. The third-order valence-electron chi connectivity index (χ3n) is 6.51. The number of hydrogen-bond donors (Lipinski definition) is 2. The van der Waals surface area contributed by atoms with Gasteiger partial charge in [-0.25, -0.2) is 9.78 Å². The van der Waals surface area contributed by atoms with Crippen LogP contribution in [0.2, 0.25) is 0 Å². The lowest BCUT2D eigenvalue weighted by atomic mass is 9.89. The molecular weight excluding hydrogens is 432 g/mol. The molecule has 4 rings (SSSR count). The van der Waals surface area contributed by atoms with E-state index in [2.05, 4.69) is 42.3 Å². The number of nitrogens with one attached hydrogen (secondary N) is 1. The Morgan fingerprint density at radius 2 is 1.88 bits per heavy atom. The predicted molar refractivity (Wildman–Crippen MR) is 129 cm³/mol. The number of aromatic nitrogens is 2. The second-order valence-corrected chi connectivity index (χ2v) is 8.80. The van der Waals surface area contributed by atoms with Crippen LogP contribution in [-0.2, 0) is 24.2 Å². The van der Waals surface area contributed by atoms with Crippen molar-refractivity contribution in [3.05, 3.63) is 64.1 Å². The molecule has 2 atom stereocenters. The van der Waals surface area contributed by atoms with Crippen LogP contribution in [0.1, 0.15) is 65.1 Å². The fourth-order valence-electron chi connectivity index (χ4n) is 4.58. The second kappa shape index (κ2) is 9.75. The molecule has 0 radical (unpaired) electrons. The van der Waals surface area contributed by atoms with Crippen LogP contribution in [0.25, 0.3) is 5.65 Å². The van der Waals surface area contributed by atoms with Gasteiger partial charge in [0.05, 0.1) is 11.7 Å². The molecule has 34 heavy (non-hydrogen) atoms. The summed E-state index contributed by atoms with van der Waals surface area (Å²) in [5.74, 6) is 0.364. The number of carbonyl (C=O) groups excluding carboxylic acids is 2. The van der Waals surface area contributed by atoms with Gasteiger partial charge in [0.15, 0.2) is 11.4 Å². The van der Waals surface area contributed by atoms with E-state index < -0.39 is 12.2 Å². The normalized spacial score (nSPS) is 17.3. The molecule has 1 fully saturated rings. The van der Waals surface area contributed by atoms with Crippen molar-refractivity contribution in [3.8, 4) is 5.75 Å². The molecule has 2 amide bonds. The summed E-state index contributed by atoms with van der Waals surface area (Å²) in [6, 6.07) is 8.06. The van der Waals surface area contributed by atoms with Gasteiger partial charge < -0.3 is 20.5 Å². The van der Waals surface area contributed by atoms with E-state index in [1.165, 1.54) is 16.7 Å². The number of nitrogens with two attached hydrogens (primary N) is 1. The highest BCUT2D eigenvalue weighted by atomic mass is 16.6. The van der Waals surface area contributed by atoms with Gasteiger partial charge >= 0.3 is 6.09 Å². The number of ether oxygens (including phenoxy) is 2. The number of primary amides is 1. The van der Waals surface area contributed by atoms with E-state index in [1.54, 1.807) is 11.3 Å². The number of amides is 2. The Balaban J connectivity index is 1.61. The summed E-state index contributed by atoms with van der Waals surface area (Å²) in [6.45, 7) is 8.50. The van der Waals surface area contributed by atoms with Gasteiger partial charge in [0.25, 0.3) is 5.91 Å². The largest absolute Gasteiger partial charge is 0.485 e. The van der Waals surface area contributed by atoms with Crippen LogP contribution < -0.4 is 15.8 Å². The van der Waals surface area contributed by atoms with Crippen LogP contribution in [0.4, 0.5) is 4.79 Å².